The molecule has 1 aromatic rings. The molecule has 2 fully saturated rings. The van der Waals surface area contributed by atoms with Crippen LogP contribution in [-0.2, 0) is 4.79 Å². The maximum Gasteiger partial charge on any atom is 0.318 e. The van der Waals surface area contributed by atoms with Crippen LogP contribution < -0.4 is 5.32 Å². The van der Waals surface area contributed by atoms with Crippen molar-refractivity contribution in [1.29, 1.82) is 0 Å². The standard InChI is InChI=1S/C18H24FN3O2/c1-12(15-5-3-4-6-16(15)19)22(14-8-9-14)18(24)20-13-7-10-17(23)21(2)11-13/h3-6,12-14H,7-11H2,1-2H3,(H,20,24)/t12-,13+/m0/s1. The predicted octanol–water partition coefficient (Wildman–Crippen LogP) is 2.68. The fourth-order valence-electron chi connectivity index (χ4n) is 3.35. The van der Waals surface area contributed by atoms with Crippen molar-refractivity contribution in [1.82, 2.24) is 15.1 Å². The molecule has 0 radical (unpaired) electrons. The van der Waals surface area contributed by atoms with Crippen molar-refractivity contribution in [2.45, 2.75) is 50.7 Å². The first kappa shape index (κ1) is 16.7. The van der Waals surface area contributed by atoms with Gasteiger partial charge in [-0.25, -0.2) is 9.18 Å². The first-order valence-corrected chi connectivity index (χ1v) is 8.54. The maximum atomic E-state index is 14.1. The fraction of sp³-hybridized carbons (Fsp3) is 0.556. The number of likely N-dealkylation sites (N-methyl/N-ethyl adjacent to an activating group) is 1. The Balaban J connectivity index is 1.70. The molecule has 1 heterocycles. The minimum atomic E-state index is -0.318. The number of benzene rings is 1. The Hall–Kier alpha value is -2.11. The number of nitrogens with one attached hydrogen (secondary N) is 1. The predicted molar refractivity (Wildman–Crippen MR) is 88.9 cm³/mol. The lowest BCUT2D eigenvalue weighted by atomic mass is 10.0. The van der Waals surface area contributed by atoms with E-state index in [1.165, 1.54) is 6.07 Å². The molecule has 0 aromatic heterocycles. The summed E-state index contributed by atoms with van der Waals surface area (Å²) in [5.41, 5.74) is 0.537. The average molecular weight is 333 g/mol. The topological polar surface area (TPSA) is 52.7 Å². The SMILES string of the molecule is C[C@@H](c1ccccc1F)N(C(=O)N[C@@H]1CCC(=O)N(C)C1)C1CC1. The monoisotopic (exact) mass is 333 g/mol. The van der Waals surface area contributed by atoms with Crippen molar-refractivity contribution in [3.05, 3.63) is 35.6 Å². The van der Waals surface area contributed by atoms with Crippen LogP contribution in [0.4, 0.5) is 9.18 Å². The van der Waals surface area contributed by atoms with E-state index >= 15 is 0 Å². The van der Waals surface area contributed by atoms with Gasteiger partial charge < -0.3 is 15.1 Å². The molecule has 0 bridgehead atoms. The molecular weight excluding hydrogens is 309 g/mol. The van der Waals surface area contributed by atoms with Crippen LogP contribution in [0.3, 0.4) is 0 Å². The highest BCUT2D eigenvalue weighted by Gasteiger charge is 2.38. The number of rotatable bonds is 4. The highest BCUT2D eigenvalue weighted by Crippen LogP contribution is 2.35. The number of hydrogen-bond donors (Lipinski definition) is 1. The Kier molecular flexibility index (Phi) is 4.73. The van der Waals surface area contributed by atoms with Crippen LogP contribution >= 0.6 is 0 Å². The molecule has 2 atom stereocenters. The van der Waals surface area contributed by atoms with Crippen LogP contribution in [0.15, 0.2) is 24.3 Å². The van der Waals surface area contributed by atoms with Gasteiger partial charge in [-0.15, -0.1) is 0 Å². The van der Waals surface area contributed by atoms with E-state index in [0.29, 0.717) is 24.9 Å². The van der Waals surface area contributed by atoms with Gasteiger partial charge in [0, 0.05) is 37.7 Å². The molecule has 0 unspecified atom stereocenters. The van der Waals surface area contributed by atoms with Crippen molar-refractivity contribution < 1.29 is 14.0 Å². The van der Waals surface area contributed by atoms with E-state index in [9.17, 15) is 14.0 Å². The van der Waals surface area contributed by atoms with Crippen LogP contribution in [0.2, 0.25) is 0 Å². The van der Waals surface area contributed by atoms with Crippen molar-refractivity contribution in [2.24, 2.45) is 0 Å². The van der Waals surface area contributed by atoms with E-state index < -0.39 is 0 Å². The lowest BCUT2D eigenvalue weighted by Crippen LogP contribution is -2.53. The lowest BCUT2D eigenvalue weighted by molar-refractivity contribution is -0.132. The Morgan fingerprint density at radius 3 is 2.67 bits per heavy atom. The highest BCUT2D eigenvalue weighted by atomic mass is 19.1. The van der Waals surface area contributed by atoms with Crippen molar-refractivity contribution in [3.8, 4) is 0 Å². The number of amides is 3. The molecule has 3 amide bonds. The summed E-state index contributed by atoms with van der Waals surface area (Å²) in [5.74, 6) is -0.175. The zero-order valence-corrected chi connectivity index (χ0v) is 14.2. The van der Waals surface area contributed by atoms with Crippen LogP contribution in [0.25, 0.3) is 0 Å². The molecule has 1 saturated carbocycles. The van der Waals surface area contributed by atoms with E-state index in [4.69, 9.17) is 0 Å². The van der Waals surface area contributed by atoms with Crippen LogP contribution in [0.5, 0.6) is 0 Å². The normalized spacial score (nSPS) is 22.2. The summed E-state index contributed by atoms with van der Waals surface area (Å²) >= 11 is 0. The van der Waals surface area contributed by atoms with Crippen molar-refractivity contribution in [3.63, 3.8) is 0 Å². The minimum absolute atomic E-state index is 0.0470. The molecule has 6 heteroatoms. The molecule has 1 saturated heterocycles. The Morgan fingerprint density at radius 1 is 1.33 bits per heavy atom. The summed E-state index contributed by atoms with van der Waals surface area (Å²) in [6.45, 7) is 2.39. The molecule has 5 nitrogen and oxygen atoms in total. The summed E-state index contributed by atoms with van der Waals surface area (Å²) in [7, 11) is 1.75. The summed E-state index contributed by atoms with van der Waals surface area (Å²) < 4.78 is 14.1. The van der Waals surface area contributed by atoms with Gasteiger partial charge in [-0.05, 0) is 32.3 Å². The summed E-state index contributed by atoms with van der Waals surface area (Å²) in [6, 6.07) is 6.24. The number of carbonyl (C=O) groups is 2. The van der Waals surface area contributed by atoms with Gasteiger partial charge in [-0.1, -0.05) is 18.2 Å². The average Bonchev–Trinajstić information content (AvgIpc) is 3.36. The Labute approximate surface area is 141 Å². The van der Waals surface area contributed by atoms with Crippen molar-refractivity contribution >= 4 is 11.9 Å². The molecule has 2 aliphatic rings. The number of piperidine rings is 1. The maximum absolute atomic E-state index is 14.1. The Bertz CT molecular complexity index is 632. The summed E-state index contributed by atoms with van der Waals surface area (Å²) in [5, 5.41) is 3.03. The number of likely N-dealkylation sites (tertiary alicyclic amines) is 1. The molecule has 24 heavy (non-hydrogen) atoms. The van der Waals surface area contributed by atoms with Gasteiger partial charge in [0.25, 0.3) is 0 Å². The van der Waals surface area contributed by atoms with E-state index in [1.807, 2.05) is 6.92 Å². The molecule has 3 rings (SSSR count). The van der Waals surface area contributed by atoms with Crippen LogP contribution in [-0.4, -0.2) is 47.4 Å². The molecule has 0 spiro atoms. The molecule has 1 N–H and O–H groups in total. The van der Waals surface area contributed by atoms with E-state index in [2.05, 4.69) is 5.32 Å². The third-order valence-corrected chi connectivity index (χ3v) is 4.90. The van der Waals surface area contributed by atoms with E-state index in [0.717, 1.165) is 12.8 Å². The van der Waals surface area contributed by atoms with Crippen molar-refractivity contribution in [2.75, 3.05) is 13.6 Å². The second-order valence-corrected chi connectivity index (χ2v) is 6.80. The van der Waals surface area contributed by atoms with Gasteiger partial charge in [-0.2, -0.15) is 0 Å². The second kappa shape index (κ2) is 6.79. The zero-order valence-electron chi connectivity index (χ0n) is 14.2. The van der Waals surface area contributed by atoms with Gasteiger partial charge in [0.1, 0.15) is 5.82 Å². The number of hydrogen-bond acceptors (Lipinski definition) is 2. The third-order valence-electron chi connectivity index (χ3n) is 4.90. The Morgan fingerprint density at radius 2 is 2.04 bits per heavy atom. The van der Waals surface area contributed by atoms with Gasteiger partial charge in [0.05, 0.1) is 6.04 Å². The quantitative estimate of drug-likeness (QED) is 0.921. The minimum Gasteiger partial charge on any atom is -0.344 e. The summed E-state index contributed by atoms with van der Waals surface area (Å²) in [4.78, 5) is 27.8. The first-order valence-electron chi connectivity index (χ1n) is 8.54. The molecule has 1 aromatic carbocycles. The smallest absolute Gasteiger partial charge is 0.318 e. The molecular formula is C18H24FN3O2. The van der Waals surface area contributed by atoms with E-state index in [1.54, 1.807) is 35.0 Å². The lowest BCUT2D eigenvalue weighted by Gasteiger charge is -2.35. The fourth-order valence-corrected chi connectivity index (χ4v) is 3.35. The third kappa shape index (κ3) is 3.52. The second-order valence-electron chi connectivity index (χ2n) is 6.80. The number of nitrogens with zero attached hydrogens (tertiary/aromatic N) is 2. The zero-order chi connectivity index (χ0) is 17.3. The van der Waals surface area contributed by atoms with Crippen LogP contribution in [0, 0.1) is 5.82 Å². The molecule has 1 aliphatic heterocycles. The molecule has 1 aliphatic carbocycles. The van der Waals surface area contributed by atoms with Gasteiger partial charge >= 0.3 is 6.03 Å². The van der Waals surface area contributed by atoms with Gasteiger partial charge in [-0.3, -0.25) is 4.79 Å². The highest BCUT2D eigenvalue weighted by molar-refractivity contribution is 5.78. The number of carbonyl (C=O) groups excluding carboxylic acids is 2. The van der Waals surface area contributed by atoms with Crippen LogP contribution in [0.1, 0.15) is 44.2 Å². The largest absolute Gasteiger partial charge is 0.344 e. The first-order chi connectivity index (χ1) is 11.5. The number of halogens is 1. The molecule has 130 valence electrons. The van der Waals surface area contributed by atoms with Gasteiger partial charge in [0.2, 0.25) is 5.91 Å². The number of urea groups is 1. The van der Waals surface area contributed by atoms with E-state index in [-0.39, 0.29) is 35.9 Å². The summed E-state index contributed by atoms with van der Waals surface area (Å²) in [6.07, 6.45) is 3.01. The van der Waals surface area contributed by atoms with Gasteiger partial charge in [0.15, 0.2) is 0 Å².